The first kappa shape index (κ1) is 24.2. The van der Waals surface area contributed by atoms with Crippen LogP contribution in [0.4, 0.5) is 17.2 Å². The van der Waals surface area contributed by atoms with E-state index < -0.39 is 0 Å². The zero-order valence-corrected chi connectivity index (χ0v) is 21.5. The number of fused-ring (bicyclic) bond motifs is 1. The van der Waals surface area contributed by atoms with Gasteiger partial charge in [-0.2, -0.15) is 0 Å². The molecule has 0 aromatic carbocycles. The van der Waals surface area contributed by atoms with E-state index in [1.807, 2.05) is 6.07 Å². The van der Waals surface area contributed by atoms with Crippen LogP contribution in [-0.2, 0) is 4.79 Å². The number of carbonyl (C=O) groups excluding carboxylic acids is 2. The number of ketones is 1. The van der Waals surface area contributed by atoms with Crippen LogP contribution in [-0.4, -0.2) is 43.4 Å². The van der Waals surface area contributed by atoms with Gasteiger partial charge in [0.15, 0.2) is 11.3 Å². The summed E-state index contributed by atoms with van der Waals surface area (Å²) in [5, 5.41) is 15.1. The molecule has 0 radical (unpaired) electrons. The number of aromatic nitrogens is 4. The van der Waals surface area contributed by atoms with Gasteiger partial charge in [-0.15, -0.1) is 5.10 Å². The molecule has 3 aliphatic carbocycles. The van der Waals surface area contributed by atoms with Crippen LogP contribution < -0.4 is 16.0 Å². The van der Waals surface area contributed by atoms with Gasteiger partial charge < -0.3 is 16.0 Å². The molecule has 3 fully saturated rings. The van der Waals surface area contributed by atoms with Crippen LogP contribution in [0.5, 0.6) is 0 Å². The van der Waals surface area contributed by atoms with Crippen molar-refractivity contribution in [3.63, 3.8) is 0 Å². The molecule has 0 unspecified atom stereocenters. The van der Waals surface area contributed by atoms with Gasteiger partial charge in [-0.1, -0.05) is 18.0 Å². The average Bonchev–Trinajstić information content (AvgIpc) is 3.54. The molecule has 0 atom stereocenters. The van der Waals surface area contributed by atoms with Crippen LogP contribution in [0.2, 0.25) is 5.15 Å². The zero-order valence-electron chi connectivity index (χ0n) is 20.8. The lowest BCUT2D eigenvalue weighted by Crippen LogP contribution is -2.30. The Kier molecular flexibility index (Phi) is 6.71. The van der Waals surface area contributed by atoms with Gasteiger partial charge in [0.25, 0.3) is 5.91 Å². The van der Waals surface area contributed by atoms with Crippen molar-refractivity contribution in [2.45, 2.75) is 76.3 Å². The van der Waals surface area contributed by atoms with E-state index in [-0.39, 0.29) is 11.9 Å². The van der Waals surface area contributed by atoms with E-state index in [1.165, 1.54) is 6.42 Å². The molecule has 6 rings (SSSR count). The number of Topliss-reactive ketones (excluding diaryl/α,β-unsaturated/α-hetero) is 1. The first-order valence-electron chi connectivity index (χ1n) is 13.4. The summed E-state index contributed by atoms with van der Waals surface area (Å²) >= 11 is 5.97. The van der Waals surface area contributed by atoms with Gasteiger partial charge in [0.05, 0.1) is 11.9 Å². The lowest BCUT2D eigenvalue weighted by Gasteiger charge is -2.31. The number of hydrogen-bond donors (Lipinski definition) is 3. The summed E-state index contributed by atoms with van der Waals surface area (Å²) in [4.78, 5) is 34.0. The summed E-state index contributed by atoms with van der Waals surface area (Å²) in [7, 11) is 0. The van der Waals surface area contributed by atoms with E-state index in [1.54, 1.807) is 29.0 Å². The smallest absolute Gasteiger partial charge is 0.276 e. The Hall–Kier alpha value is -3.20. The number of nitrogens with zero attached hydrogens (tertiary/aromatic N) is 4. The molecule has 10 heteroatoms. The summed E-state index contributed by atoms with van der Waals surface area (Å²) in [5.74, 6) is 1.70. The molecule has 37 heavy (non-hydrogen) atoms. The van der Waals surface area contributed by atoms with E-state index in [0.29, 0.717) is 51.7 Å². The highest BCUT2D eigenvalue weighted by molar-refractivity contribution is 6.29. The second kappa shape index (κ2) is 10.3. The highest BCUT2D eigenvalue weighted by Crippen LogP contribution is 2.34. The minimum absolute atomic E-state index is 0.286. The van der Waals surface area contributed by atoms with Crippen molar-refractivity contribution in [2.24, 2.45) is 11.8 Å². The largest absolute Gasteiger partial charge is 0.379 e. The Balaban J connectivity index is 1.17. The molecule has 9 nitrogen and oxygen atoms in total. The Morgan fingerprint density at radius 3 is 2.43 bits per heavy atom. The third-order valence-corrected chi connectivity index (χ3v) is 8.08. The first-order chi connectivity index (χ1) is 18.0. The molecule has 3 aromatic heterocycles. The van der Waals surface area contributed by atoms with Gasteiger partial charge in [0, 0.05) is 42.4 Å². The lowest BCUT2D eigenvalue weighted by molar-refractivity contribution is -0.126. The standard InChI is InChI=1S/C27H32ClN7O2/c28-24-13-20(10-11-29-24)33-27(37)22-15-30-26-21(31-18-8-9-18)14-25(34-35(22)26)32-19-6-4-16(5-7-19)12-23(36)17-2-1-3-17/h10-11,13-19,31H,1-9,12H2,(H,32,34)(H,29,33,37). The number of nitrogens with one attached hydrogen (secondary N) is 3. The molecule has 0 aliphatic heterocycles. The second-order valence-electron chi connectivity index (χ2n) is 10.7. The maximum absolute atomic E-state index is 13.1. The number of halogens is 1. The molecule has 194 valence electrons. The third-order valence-electron chi connectivity index (χ3n) is 7.87. The minimum atomic E-state index is -0.326. The van der Waals surface area contributed by atoms with Crippen molar-refractivity contribution in [3.8, 4) is 0 Å². The number of amides is 1. The minimum Gasteiger partial charge on any atom is -0.379 e. The predicted octanol–water partition coefficient (Wildman–Crippen LogP) is 5.33. The highest BCUT2D eigenvalue weighted by atomic mass is 35.5. The molecule has 0 saturated heterocycles. The van der Waals surface area contributed by atoms with Gasteiger partial charge in [-0.25, -0.2) is 14.5 Å². The molecule has 0 spiro atoms. The summed E-state index contributed by atoms with van der Waals surface area (Å²) in [6.45, 7) is 0. The second-order valence-corrected chi connectivity index (χ2v) is 11.1. The fourth-order valence-electron chi connectivity index (χ4n) is 5.32. The SMILES string of the molecule is O=C(Nc1ccnc(Cl)c1)c1cnc2c(NC3CC3)cc(NC3CCC(CC(=O)C4CCC4)CC3)nn12. The van der Waals surface area contributed by atoms with E-state index in [2.05, 4.69) is 25.9 Å². The average molecular weight is 522 g/mol. The Bertz CT molecular complexity index is 1310. The molecule has 3 aliphatic rings. The van der Waals surface area contributed by atoms with Gasteiger partial charge >= 0.3 is 0 Å². The molecule has 1 amide bonds. The van der Waals surface area contributed by atoms with Crippen LogP contribution in [0.15, 0.2) is 30.6 Å². The third kappa shape index (κ3) is 5.56. The Morgan fingerprint density at radius 2 is 1.73 bits per heavy atom. The van der Waals surface area contributed by atoms with Crippen molar-refractivity contribution >= 4 is 46.1 Å². The molecule has 3 heterocycles. The van der Waals surface area contributed by atoms with Gasteiger partial charge in [0.2, 0.25) is 0 Å². The van der Waals surface area contributed by atoms with Gasteiger partial charge in [-0.05, 0) is 69.4 Å². The number of hydrogen-bond acceptors (Lipinski definition) is 7. The predicted molar refractivity (Wildman–Crippen MR) is 143 cm³/mol. The molecule has 0 bridgehead atoms. The number of carbonyl (C=O) groups is 2. The number of anilines is 3. The van der Waals surface area contributed by atoms with E-state index in [4.69, 9.17) is 16.7 Å². The molecule has 3 saturated carbocycles. The normalized spacial score (nSPS) is 21.9. The van der Waals surface area contributed by atoms with Crippen molar-refractivity contribution < 1.29 is 9.59 Å². The van der Waals surface area contributed by atoms with Crippen molar-refractivity contribution in [2.75, 3.05) is 16.0 Å². The number of pyridine rings is 1. The quantitative estimate of drug-likeness (QED) is 0.326. The Labute approximate surface area is 220 Å². The van der Waals surface area contributed by atoms with E-state index in [0.717, 1.165) is 63.5 Å². The first-order valence-corrected chi connectivity index (χ1v) is 13.8. The molecule has 3 N–H and O–H groups in total. The van der Waals surface area contributed by atoms with Crippen LogP contribution in [0.1, 0.15) is 74.7 Å². The van der Waals surface area contributed by atoms with Gasteiger partial charge in [0.1, 0.15) is 16.8 Å². The van der Waals surface area contributed by atoms with E-state index in [9.17, 15) is 9.59 Å². The van der Waals surface area contributed by atoms with Crippen molar-refractivity contribution in [3.05, 3.63) is 41.4 Å². The van der Waals surface area contributed by atoms with Crippen LogP contribution in [0, 0.1) is 11.8 Å². The van der Waals surface area contributed by atoms with Crippen LogP contribution in [0.25, 0.3) is 5.65 Å². The topological polar surface area (TPSA) is 113 Å². The number of rotatable bonds is 9. The maximum atomic E-state index is 13.1. The fraction of sp³-hybridized carbons (Fsp3) is 0.519. The fourth-order valence-corrected chi connectivity index (χ4v) is 5.50. The van der Waals surface area contributed by atoms with Crippen molar-refractivity contribution in [1.29, 1.82) is 0 Å². The lowest BCUT2D eigenvalue weighted by atomic mass is 9.76. The molecular weight excluding hydrogens is 490 g/mol. The summed E-state index contributed by atoms with van der Waals surface area (Å²) in [5.41, 5.74) is 2.38. The van der Waals surface area contributed by atoms with Crippen LogP contribution >= 0.6 is 11.6 Å². The van der Waals surface area contributed by atoms with Gasteiger partial charge in [-0.3, -0.25) is 9.59 Å². The zero-order chi connectivity index (χ0) is 25.4. The van der Waals surface area contributed by atoms with Crippen molar-refractivity contribution in [1.82, 2.24) is 19.6 Å². The monoisotopic (exact) mass is 521 g/mol. The Morgan fingerprint density at radius 1 is 0.973 bits per heavy atom. The summed E-state index contributed by atoms with van der Waals surface area (Å²) in [6.07, 6.45) is 13.6. The summed E-state index contributed by atoms with van der Waals surface area (Å²) < 4.78 is 1.61. The van der Waals surface area contributed by atoms with E-state index >= 15 is 0 Å². The molecule has 3 aromatic rings. The maximum Gasteiger partial charge on any atom is 0.276 e. The highest BCUT2D eigenvalue weighted by Gasteiger charge is 2.30. The van der Waals surface area contributed by atoms with Crippen LogP contribution in [0.3, 0.4) is 0 Å². The summed E-state index contributed by atoms with van der Waals surface area (Å²) in [6, 6.07) is 5.99. The molecular formula is C27H32ClN7O2. The number of imidazole rings is 1.